The summed E-state index contributed by atoms with van der Waals surface area (Å²) in [7, 11) is 0. The Labute approximate surface area is 648 Å². The second kappa shape index (κ2) is 25.6. The molecule has 0 saturated carbocycles. The van der Waals surface area contributed by atoms with E-state index in [1.165, 1.54) is 76.5 Å². The highest BCUT2D eigenvalue weighted by atomic mass is 16.3. The van der Waals surface area contributed by atoms with Crippen molar-refractivity contribution in [1.29, 1.82) is 0 Å². The average molecular weight is 1420 g/mol. The summed E-state index contributed by atoms with van der Waals surface area (Å²) < 4.78 is 9.33. The lowest BCUT2D eigenvalue weighted by atomic mass is 9.33. The lowest BCUT2D eigenvalue weighted by molar-refractivity contribution is 0.590. The summed E-state index contributed by atoms with van der Waals surface area (Å²) in [5.41, 5.74) is 33.4. The molecule has 4 heterocycles. The smallest absolute Gasteiger partial charge is 0.252 e. The topological polar surface area (TPSA) is 24.6 Å². The summed E-state index contributed by atoms with van der Waals surface area (Å²) in [6, 6.07) is 137. The van der Waals surface area contributed by atoms with Gasteiger partial charge in [-0.3, -0.25) is 0 Å². The number of hydrogen-bond acceptors (Lipinski definition) is 3. The first-order valence-electron chi connectivity index (χ1n) is 38.9. The van der Waals surface area contributed by atoms with Gasteiger partial charge in [-0.1, -0.05) is 333 Å². The van der Waals surface area contributed by atoms with Gasteiger partial charge in [0.1, 0.15) is 11.2 Å². The molecule has 0 aliphatic carbocycles. The molecule has 2 aromatic heterocycles. The van der Waals surface area contributed by atoms with E-state index in [0.717, 1.165) is 134 Å². The molecular weight excluding hydrogens is 1340 g/mol. The Morgan fingerprint density at radius 1 is 0.261 bits per heavy atom. The van der Waals surface area contributed by atoms with Crippen molar-refractivity contribution in [3.8, 4) is 83.6 Å². The Morgan fingerprint density at radius 2 is 0.649 bits per heavy atom. The van der Waals surface area contributed by atoms with E-state index in [1.54, 1.807) is 0 Å². The molecule has 5 heteroatoms. The number of para-hydroxylation sites is 3. The number of aromatic nitrogens is 1. The number of anilines is 6. The first-order chi connectivity index (χ1) is 54.4. The molecule has 111 heavy (non-hydrogen) atoms. The van der Waals surface area contributed by atoms with Gasteiger partial charge in [0.2, 0.25) is 0 Å². The first kappa shape index (κ1) is 65.8. The van der Waals surface area contributed by atoms with Crippen molar-refractivity contribution in [3.63, 3.8) is 0 Å². The summed E-state index contributed by atoms with van der Waals surface area (Å²) in [5.74, 6) is 0. The van der Waals surface area contributed by atoms with Gasteiger partial charge >= 0.3 is 0 Å². The molecule has 0 unspecified atom stereocenters. The second-order valence-electron chi connectivity index (χ2n) is 32.2. The maximum Gasteiger partial charge on any atom is 0.252 e. The molecule has 0 atom stereocenters. The Hall–Kier alpha value is -13.5. The molecule has 0 spiro atoms. The molecule has 0 amide bonds. The highest BCUT2D eigenvalue weighted by molar-refractivity contribution is 7.00. The molecule has 0 radical (unpaired) electrons. The van der Waals surface area contributed by atoms with Crippen LogP contribution in [0.1, 0.15) is 52.7 Å². The molecule has 19 aromatic rings. The summed E-state index contributed by atoms with van der Waals surface area (Å²) in [4.78, 5) is 5.45. The van der Waals surface area contributed by atoms with Crippen LogP contribution in [-0.2, 0) is 10.8 Å². The highest BCUT2D eigenvalue weighted by Gasteiger charge is 2.47. The van der Waals surface area contributed by atoms with E-state index in [9.17, 15) is 0 Å². The van der Waals surface area contributed by atoms with E-state index in [4.69, 9.17) is 4.42 Å². The van der Waals surface area contributed by atoms with E-state index in [-0.39, 0.29) is 17.5 Å². The summed E-state index contributed by atoms with van der Waals surface area (Å²) >= 11 is 0. The third-order valence-electron chi connectivity index (χ3n) is 23.6. The lowest BCUT2D eigenvalue weighted by Crippen LogP contribution is -2.61. The summed E-state index contributed by atoms with van der Waals surface area (Å²) in [6.07, 6.45) is 0. The molecule has 0 bridgehead atoms. The molecule has 2 aliphatic heterocycles. The predicted molar refractivity (Wildman–Crippen MR) is 473 cm³/mol. The SMILES string of the molecule is CC(C)(C)c1cc(-c2ccccc2)c(N2c3ccc(-c4cccc5oc6ccccc6c45)cc3B3c4ccc(-c5c6ccccc6c(-c6ccccc6)c6ccccc56)cc4N(c4c(-c5ccccc5)cc(C(C)(C)C)cc4-c4ccccc4)c4cc(-n5c6ccccc6c6ccccc65)cc2c43)c(-c2ccccc2)c1. The van der Waals surface area contributed by atoms with Gasteiger partial charge < -0.3 is 18.8 Å². The van der Waals surface area contributed by atoms with Crippen LogP contribution in [0.3, 0.4) is 0 Å². The standard InChI is InChI=1S/C106H78BN3O/c1-105(2,3)74-61-85(67-33-12-7-13-34-67)103(86(62-74)68-35-14-8-15-36-68)109-93-58-56-72(77-50-32-54-98-101(77)84-49-28-31-53-97(84)111-98)59-90(93)107-89-57-55-73(100-82-47-24-22-45-80(82)99(71-41-20-11-21-42-71)81-46-23-25-48-83(81)100)60-94(89)110(96-66-76(65-95(109)102(96)107)108-91-51-29-26-43-78(91)79-44-27-30-52-92(79)108)104-87(69-37-16-9-17-38-69)63-75(106(4,5)6)64-88(104)70-39-18-10-19-40-70/h7-66H,1-6H3. The van der Waals surface area contributed by atoms with Gasteiger partial charge in [0.25, 0.3) is 6.71 Å². The van der Waals surface area contributed by atoms with E-state index >= 15 is 0 Å². The van der Waals surface area contributed by atoms with Crippen LogP contribution in [0.25, 0.3) is 149 Å². The fourth-order valence-electron chi connectivity index (χ4n) is 18.5. The molecule has 2 aliphatic rings. The number of hydrogen-bond donors (Lipinski definition) is 0. The number of fused-ring (bicyclic) bond motifs is 12. The van der Waals surface area contributed by atoms with Crippen LogP contribution in [0, 0.1) is 0 Å². The third-order valence-corrected chi connectivity index (χ3v) is 23.6. The highest BCUT2D eigenvalue weighted by Crippen LogP contribution is 2.57. The molecular formula is C106H78BN3O. The fourth-order valence-corrected chi connectivity index (χ4v) is 18.5. The minimum atomic E-state index is -0.341. The Balaban J connectivity index is 0.979. The van der Waals surface area contributed by atoms with Gasteiger partial charge in [0.15, 0.2) is 0 Å². The maximum atomic E-state index is 6.78. The van der Waals surface area contributed by atoms with Gasteiger partial charge in [-0.15, -0.1) is 0 Å². The average Bonchev–Trinajstić information content (AvgIpc) is 1.28. The normalized spacial score (nSPS) is 12.7. The quantitative estimate of drug-likeness (QED) is 0.101. The monoisotopic (exact) mass is 1420 g/mol. The Bertz CT molecular complexity index is 6730. The van der Waals surface area contributed by atoms with Gasteiger partial charge in [-0.05, 0) is 188 Å². The maximum absolute atomic E-state index is 6.78. The van der Waals surface area contributed by atoms with E-state index in [1.807, 2.05) is 0 Å². The number of benzene rings is 17. The minimum absolute atomic E-state index is 0.222. The van der Waals surface area contributed by atoms with E-state index in [0.29, 0.717) is 0 Å². The van der Waals surface area contributed by atoms with Crippen molar-refractivity contribution in [2.24, 2.45) is 0 Å². The van der Waals surface area contributed by atoms with Crippen LogP contribution in [0.4, 0.5) is 34.1 Å². The van der Waals surface area contributed by atoms with Gasteiger partial charge in [-0.2, -0.15) is 0 Å². The van der Waals surface area contributed by atoms with Crippen molar-refractivity contribution >= 4 is 123 Å². The zero-order valence-electron chi connectivity index (χ0n) is 63.0. The summed E-state index contributed by atoms with van der Waals surface area (Å²) in [6.45, 7) is 13.8. The number of furan rings is 1. The first-order valence-corrected chi connectivity index (χ1v) is 38.9. The van der Waals surface area contributed by atoms with Gasteiger partial charge in [0, 0.05) is 66.5 Å². The number of rotatable bonds is 10. The summed E-state index contributed by atoms with van der Waals surface area (Å²) in [5, 5.41) is 9.41. The van der Waals surface area contributed by atoms with Crippen molar-refractivity contribution in [3.05, 3.63) is 375 Å². The molecule has 21 rings (SSSR count). The van der Waals surface area contributed by atoms with Crippen molar-refractivity contribution in [2.75, 3.05) is 9.80 Å². The molecule has 0 N–H and O–H groups in total. The largest absolute Gasteiger partial charge is 0.456 e. The second-order valence-corrected chi connectivity index (χ2v) is 32.2. The van der Waals surface area contributed by atoms with Crippen LogP contribution in [-0.4, -0.2) is 11.3 Å². The minimum Gasteiger partial charge on any atom is -0.456 e. The van der Waals surface area contributed by atoms with Crippen molar-refractivity contribution < 1.29 is 4.42 Å². The third kappa shape index (κ3) is 10.6. The van der Waals surface area contributed by atoms with Crippen LogP contribution in [0.5, 0.6) is 0 Å². The molecule has 17 aromatic carbocycles. The van der Waals surface area contributed by atoms with Crippen LogP contribution < -0.4 is 26.2 Å². The Kier molecular flexibility index (Phi) is 15.2. The van der Waals surface area contributed by atoms with Gasteiger partial charge in [0.05, 0.1) is 28.1 Å². The van der Waals surface area contributed by atoms with E-state index < -0.39 is 0 Å². The Morgan fingerprint density at radius 3 is 1.12 bits per heavy atom. The van der Waals surface area contributed by atoms with Crippen LogP contribution in [0.2, 0.25) is 0 Å². The zero-order valence-corrected chi connectivity index (χ0v) is 63.0. The predicted octanol–water partition coefficient (Wildman–Crippen LogP) is 27.3. The van der Waals surface area contributed by atoms with Gasteiger partial charge in [-0.25, -0.2) is 0 Å². The zero-order chi connectivity index (χ0) is 74.4. The number of nitrogens with zero attached hydrogens (tertiary/aromatic N) is 3. The van der Waals surface area contributed by atoms with Crippen molar-refractivity contribution in [1.82, 2.24) is 4.57 Å². The molecule has 4 nitrogen and oxygen atoms in total. The molecule has 526 valence electrons. The van der Waals surface area contributed by atoms with Crippen molar-refractivity contribution in [2.45, 2.75) is 52.4 Å². The molecule has 0 saturated heterocycles. The fraction of sp³-hybridized carbons (Fsp3) is 0.0755. The molecule has 0 fully saturated rings. The van der Waals surface area contributed by atoms with Crippen LogP contribution >= 0.6 is 0 Å². The van der Waals surface area contributed by atoms with E-state index in [2.05, 4.69) is 420 Å². The van der Waals surface area contributed by atoms with Crippen LogP contribution in [0.15, 0.2) is 368 Å². The lowest BCUT2D eigenvalue weighted by Gasteiger charge is -2.46.